The molecule has 26 heavy (non-hydrogen) atoms. The van der Waals surface area contributed by atoms with Gasteiger partial charge in [0.1, 0.15) is 4.32 Å². The zero-order valence-electron chi connectivity index (χ0n) is 14.4. The average molecular weight is 379 g/mol. The Morgan fingerprint density at radius 2 is 1.81 bits per heavy atom. The second-order valence-corrected chi connectivity index (χ2v) is 7.82. The van der Waals surface area contributed by atoms with E-state index in [-0.39, 0.29) is 5.91 Å². The number of amides is 1. The van der Waals surface area contributed by atoms with Gasteiger partial charge in [-0.3, -0.25) is 9.69 Å². The van der Waals surface area contributed by atoms with Crippen molar-refractivity contribution in [3.63, 3.8) is 0 Å². The van der Waals surface area contributed by atoms with Crippen LogP contribution in [0.5, 0.6) is 0 Å². The highest BCUT2D eigenvalue weighted by Gasteiger charge is 2.32. The predicted molar refractivity (Wildman–Crippen MR) is 113 cm³/mol. The van der Waals surface area contributed by atoms with E-state index < -0.39 is 0 Å². The van der Waals surface area contributed by atoms with Gasteiger partial charge in [0.25, 0.3) is 5.91 Å². The van der Waals surface area contributed by atoms with Crippen molar-refractivity contribution in [1.82, 2.24) is 9.47 Å². The zero-order valence-corrected chi connectivity index (χ0v) is 16.0. The van der Waals surface area contributed by atoms with Crippen molar-refractivity contribution in [1.29, 1.82) is 0 Å². The lowest BCUT2D eigenvalue weighted by molar-refractivity contribution is -0.122. The number of fused-ring (bicyclic) bond motifs is 1. The quantitative estimate of drug-likeness (QED) is 0.468. The van der Waals surface area contributed by atoms with Crippen molar-refractivity contribution < 1.29 is 4.79 Å². The number of thiocarbonyl (C=S) groups is 1. The number of thioether (sulfide) groups is 1. The van der Waals surface area contributed by atoms with E-state index in [0.717, 1.165) is 23.1 Å². The van der Waals surface area contributed by atoms with E-state index in [4.69, 9.17) is 12.2 Å². The van der Waals surface area contributed by atoms with Gasteiger partial charge in [0, 0.05) is 29.2 Å². The van der Waals surface area contributed by atoms with Crippen LogP contribution >= 0.6 is 24.0 Å². The Balaban J connectivity index is 1.67. The van der Waals surface area contributed by atoms with E-state index in [0.29, 0.717) is 15.8 Å². The maximum atomic E-state index is 12.9. The smallest absolute Gasteiger partial charge is 0.266 e. The summed E-state index contributed by atoms with van der Waals surface area (Å²) in [6.07, 6.45) is 4.08. The van der Waals surface area contributed by atoms with Gasteiger partial charge >= 0.3 is 0 Å². The zero-order chi connectivity index (χ0) is 18.1. The molecule has 3 nitrogen and oxygen atoms in total. The lowest BCUT2D eigenvalue weighted by atomic mass is 10.1. The first-order chi connectivity index (χ1) is 12.7. The van der Waals surface area contributed by atoms with Gasteiger partial charge in [-0.15, -0.1) is 0 Å². The van der Waals surface area contributed by atoms with Crippen LogP contribution in [0, 0.1) is 0 Å². The summed E-state index contributed by atoms with van der Waals surface area (Å²) in [7, 11) is 0. The molecule has 1 saturated heterocycles. The average Bonchev–Trinajstić information content (AvgIpc) is 3.15. The van der Waals surface area contributed by atoms with Crippen molar-refractivity contribution in [2.75, 3.05) is 0 Å². The highest BCUT2D eigenvalue weighted by atomic mass is 32.2. The molecular weight excluding hydrogens is 360 g/mol. The van der Waals surface area contributed by atoms with Crippen LogP contribution in [0.4, 0.5) is 0 Å². The molecule has 2 heterocycles. The Morgan fingerprint density at radius 1 is 1.08 bits per heavy atom. The van der Waals surface area contributed by atoms with Gasteiger partial charge < -0.3 is 4.57 Å². The number of carbonyl (C=O) groups excluding carboxylic acids is 1. The molecule has 0 N–H and O–H groups in total. The number of rotatable bonds is 4. The van der Waals surface area contributed by atoms with Crippen LogP contribution in [0.15, 0.2) is 65.7 Å². The molecule has 130 valence electrons. The topological polar surface area (TPSA) is 25.2 Å². The van der Waals surface area contributed by atoms with E-state index in [1.54, 1.807) is 4.90 Å². The Morgan fingerprint density at radius 3 is 2.58 bits per heavy atom. The first-order valence-electron chi connectivity index (χ1n) is 8.54. The first kappa shape index (κ1) is 17.1. The monoisotopic (exact) mass is 378 g/mol. The number of para-hydroxylation sites is 1. The largest absolute Gasteiger partial charge is 0.347 e. The summed E-state index contributed by atoms with van der Waals surface area (Å²) < 4.78 is 2.82. The van der Waals surface area contributed by atoms with E-state index in [9.17, 15) is 4.79 Å². The van der Waals surface area contributed by atoms with E-state index >= 15 is 0 Å². The highest BCUT2D eigenvalue weighted by molar-refractivity contribution is 8.26. The molecule has 1 amide bonds. The third kappa shape index (κ3) is 3.08. The number of carbonyl (C=O) groups is 1. The highest BCUT2D eigenvalue weighted by Crippen LogP contribution is 2.35. The number of aromatic nitrogens is 1. The van der Waals surface area contributed by atoms with E-state index in [1.807, 2.05) is 48.5 Å². The first-order valence-corrected chi connectivity index (χ1v) is 9.77. The van der Waals surface area contributed by atoms with Gasteiger partial charge in [-0.2, -0.15) is 0 Å². The maximum Gasteiger partial charge on any atom is 0.266 e. The van der Waals surface area contributed by atoms with Crippen LogP contribution in [0.1, 0.15) is 18.1 Å². The summed E-state index contributed by atoms with van der Waals surface area (Å²) in [4.78, 5) is 15.2. The molecule has 0 aliphatic carbocycles. The number of aryl methyl sites for hydroxylation is 1. The second-order valence-electron chi connectivity index (χ2n) is 6.14. The Kier molecular flexibility index (Phi) is 4.66. The SMILES string of the molecule is CCn1cc(/C=C2/SC(=S)N(Cc3ccccc3)C2=O)c2ccccc21. The molecule has 0 spiro atoms. The summed E-state index contributed by atoms with van der Waals surface area (Å²) in [5.74, 6) is -0.0165. The lowest BCUT2D eigenvalue weighted by Gasteiger charge is -2.14. The molecule has 0 bridgehead atoms. The fourth-order valence-corrected chi connectivity index (χ4v) is 4.44. The lowest BCUT2D eigenvalue weighted by Crippen LogP contribution is -2.27. The summed E-state index contributed by atoms with van der Waals surface area (Å²) in [5, 5.41) is 1.16. The number of nitrogens with zero attached hydrogens (tertiary/aromatic N) is 2. The maximum absolute atomic E-state index is 12.9. The van der Waals surface area contributed by atoms with E-state index in [1.165, 1.54) is 17.3 Å². The predicted octanol–water partition coefficient (Wildman–Crippen LogP) is 5.06. The van der Waals surface area contributed by atoms with Gasteiger partial charge in [-0.25, -0.2) is 0 Å². The van der Waals surface area contributed by atoms with Crippen molar-refractivity contribution in [2.45, 2.75) is 20.0 Å². The molecule has 5 heteroatoms. The standard InChI is InChI=1S/C21H18N2OS2/c1-2-22-14-16(17-10-6-7-11-18(17)22)12-19-20(24)23(21(25)26-19)13-15-8-4-3-5-9-15/h3-12,14H,2,13H2,1H3/b19-12+. The van der Waals surface area contributed by atoms with Crippen molar-refractivity contribution in [3.8, 4) is 0 Å². The van der Waals surface area contributed by atoms with Crippen molar-refractivity contribution in [2.24, 2.45) is 0 Å². The van der Waals surface area contributed by atoms with E-state index in [2.05, 4.69) is 29.8 Å². The number of benzene rings is 2. The third-order valence-electron chi connectivity index (χ3n) is 4.50. The molecule has 0 radical (unpaired) electrons. The number of hydrogen-bond acceptors (Lipinski definition) is 3. The summed E-state index contributed by atoms with van der Waals surface area (Å²) >= 11 is 6.84. The second kappa shape index (κ2) is 7.09. The summed E-state index contributed by atoms with van der Waals surface area (Å²) in [6.45, 7) is 3.53. The van der Waals surface area contributed by atoms with Crippen LogP contribution < -0.4 is 0 Å². The van der Waals surface area contributed by atoms with Crippen LogP contribution in [0.25, 0.3) is 17.0 Å². The number of hydrogen-bond donors (Lipinski definition) is 0. The molecular formula is C21H18N2OS2. The van der Waals surface area contributed by atoms with Gasteiger partial charge in [0.15, 0.2) is 0 Å². The Bertz CT molecular complexity index is 1020. The van der Waals surface area contributed by atoms with Crippen molar-refractivity contribution in [3.05, 3.63) is 76.8 Å². The summed E-state index contributed by atoms with van der Waals surface area (Å²) in [6, 6.07) is 18.2. The molecule has 0 saturated carbocycles. The van der Waals surface area contributed by atoms with Gasteiger partial charge in [-0.05, 0) is 24.6 Å². The molecule has 2 aromatic carbocycles. The fraction of sp³-hybridized carbons (Fsp3) is 0.143. The molecule has 3 aromatic rings. The molecule has 1 aliphatic heterocycles. The van der Waals surface area contributed by atoms with Crippen LogP contribution in [0.2, 0.25) is 0 Å². The fourth-order valence-electron chi connectivity index (χ4n) is 3.20. The van der Waals surface area contributed by atoms with Crippen LogP contribution in [0.3, 0.4) is 0 Å². The minimum absolute atomic E-state index is 0.0165. The summed E-state index contributed by atoms with van der Waals surface area (Å²) in [5.41, 5.74) is 3.32. The minimum Gasteiger partial charge on any atom is -0.347 e. The molecule has 1 aliphatic rings. The van der Waals surface area contributed by atoms with Crippen LogP contribution in [-0.4, -0.2) is 19.7 Å². The van der Waals surface area contributed by atoms with Gasteiger partial charge in [0.2, 0.25) is 0 Å². The Labute approximate surface area is 162 Å². The minimum atomic E-state index is -0.0165. The molecule has 0 atom stereocenters. The molecule has 1 aromatic heterocycles. The third-order valence-corrected chi connectivity index (χ3v) is 5.88. The molecule has 0 unspecified atom stereocenters. The van der Waals surface area contributed by atoms with Crippen molar-refractivity contribution >= 4 is 51.2 Å². The molecule has 4 rings (SSSR count). The van der Waals surface area contributed by atoms with Gasteiger partial charge in [-0.1, -0.05) is 72.5 Å². The van der Waals surface area contributed by atoms with Gasteiger partial charge in [0.05, 0.1) is 11.4 Å². The Hall–Kier alpha value is -2.37. The van der Waals surface area contributed by atoms with Crippen LogP contribution in [-0.2, 0) is 17.9 Å². The molecule has 1 fully saturated rings. The normalized spacial score (nSPS) is 16.2.